The van der Waals surface area contributed by atoms with Crippen molar-refractivity contribution in [1.29, 1.82) is 0 Å². The van der Waals surface area contributed by atoms with Crippen LogP contribution in [-0.2, 0) is 5.75 Å². The van der Waals surface area contributed by atoms with E-state index in [1.54, 1.807) is 5.38 Å². The van der Waals surface area contributed by atoms with Crippen molar-refractivity contribution < 1.29 is 4.79 Å². The number of thioether (sulfide) groups is 1. The van der Waals surface area contributed by atoms with Crippen molar-refractivity contribution in [2.24, 2.45) is 0 Å². The predicted molar refractivity (Wildman–Crippen MR) is 63.6 cm³/mol. The highest BCUT2D eigenvalue weighted by molar-refractivity contribution is 7.98. The van der Waals surface area contributed by atoms with Gasteiger partial charge in [0.1, 0.15) is 10.7 Å². The first-order chi connectivity index (χ1) is 6.77. The lowest BCUT2D eigenvalue weighted by atomic mass is 10.3. The molecule has 0 N–H and O–H groups in total. The Morgan fingerprint density at radius 2 is 2.50 bits per heavy atom. The number of hydrogen-bond acceptors (Lipinski definition) is 4. The molecule has 0 fully saturated rings. The minimum absolute atomic E-state index is 0.0191. The van der Waals surface area contributed by atoms with E-state index in [0.717, 1.165) is 16.5 Å². The van der Waals surface area contributed by atoms with E-state index >= 15 is 0 Å². The Morgan fingerprint density at radius 1 is 1.71 bits per heavy atom. The van der Waals surface area contributed by atoms with Crippen molar-refractivity contribution in [2.45, 2.75) is 19.1 Å². The summed E-state index contributed by atoms with van der Waals surface area (Å²) in [5.74, 6) is 1.97. The van der Waals surface area contributed by atoms with E-state index in [9.17, 15) is 4.79 Å². The van der Waals surface area contributed by atoms with Gasteiger partial charge in [0.15, 0.2) is 5.78 Å². The van der Waals surface area contributed by atoms with Crippen LogP contribution in [0.3, 0.4) is 0 Å². The number of alkyl halides is 1. The number of carbonyl (C=O) groups excluding carboxylic acids is 1. The summed E-state index contributed by atoms with van der Waals surface area (Å²) in [6.45, 7) is 2.15. The average molecular weight is 250 g/mol. The standard InChI is InChI=1S/C9H12ClNOS2/c1-2-3-13-6-9-11-7(5-14-9)8(12)4-10/h5H,2-4,6H2,1H3. The molecule has 0 aliphatic heterocycles. The van der Waals surface area contributed by atoms with Crippen molar-refractivity contribution >= 4 is 40.5 Å². The summed E-state index contributed by atoms with van der Waals surface area (Å²) in [5, 5.41) is 2.80. The molecule has 0 aliphatic rings. The highest BCUT2D eigenvalue weighted by Crippen LogP contribution is 2.17. The molecule has 0 bridgehead atoms. The van der Waals surface area contributed by atoms with Crippen molar-refractivity contribution in [1.82, 2.24) is 4.98 Å². The lowest BCUT2D eigenvalue weighted by Gasteiger charge is -1.94. The monoisotopic (exact) mass is 249 g/mol. The third-order valence-electron chi connectivity index (χ3n) is 1.53. The number of thiazole rings is 1. The smallest absolute Gasteiger partial charge is 0.196 e. The molecule has 1 heterocycles. The van der Waals surface area contributed by atoms with Gasteiger partial charge in [-0.3, -0.25) is 4.79 Å². The minimum Gasteiger partial charge on any atom is -0.291 e. The SMILES string of the molecule is CCCSCc1nc(C(=O)CCl)cs1. The van der Waals surface area contributed by atoms with Gasteiger partial charge in [-0.15, -0.1) is 22.9 Å². The van der Waals surface area contributed by atoms with Crippen molar-refractivity contribution in [3.8, 4) is 0 Å². The second kappa shape index (κ2) is 6.43. The molecule has 14 heavy (non-hydrogen) atoms. The van der Waals surface area contributed by atoms with E-state index in [4.69, 9.17) is 11.6 Å². The maximum atomic E-state index is 11.2. The van der Waals surface area contributed by atoms with E-state index < -0.39 is 0 Å². The number of Topliss-reactive ketones (excluding diaryl/α,β-unsaturated/α-hetero) is 1. The number of rotatable bonds is 6. The summed E-state index contributed by atoms with van der Waals surface area (Å²) in [4.78, 5) is 15.4. The summed E-state index contributed by atoms with van der Waals surface area (Å²) in [7, 11) is 0. The molecule has 2 nitrogen and oxygen atoms in total. The molecule has 1 rings (SSSR count). The fourth-order valence-corrected chi connectivity index (χ4v) is 2.79. The summed E-state index contributed by atoms with van der Waals surface area (Å²) in [6, 6.07) is 0. The van der Waals surface area contributed by atoms with Crippen LogP contribution in [0.5, 0.6) is 0 Å². The van der Waals surface area contributed by atoms with Gasteiger partial charge in [0, 0.05) is 11.1 Å². The van der Waals surface area contributed by atoms with Crippen LogP contribution in [0.25, 0.3) is 0 Å². The first-order valence-electron chi connectivity index (χ1n) is 4.39. The first-order valence-corrected chi connectivity index (χ1v) is 6.96. The predicted octanol–water partition coefficient (Wildman–Crippen LogP) is 3.21. The maximum absolute atomic E-state index is 11.2. The molecule has 0 saturated heterocycles. The Balaban J connectivity index is 2.46. The molecule has 0 amide bonds. The number of aromatic nitrogens is 1. The van der Waals surface area contributed by atoms with E-state index in [1.807, 2.05) is 11.8 Å². The van der Waals surface area contributed by atoms with Gasteiger partial charge in [-0.2, -0.15) is 11.8 Å². The van der Waals surface area contributed by atoms with Gasteiger partial charge in [0.05, 0.1) is 5.88 Å². The van der Waals surface area contributed by atoms with Crippen LogP contribution in [0.15, 0.2) is 5.38 Å². The summed E-state index contributed by atoms with van der Waals surface area (Å²) in [5.41, 5.74) is 0.511. The Morgan fingerprint density at radius 3 is 3.14 bits per heavy atom. The number of nitrogens with zero attached hydrogens (tertiary/aromatic N) is 1. The Labute approximate surface area is 97.1 Å². The molecule has 0 spiro atoms. The highest BCUT2D eigenvalue weighted by Gasteiger charge is 2.08. The highest BCUT2D eigenvalue weighted by atomic mass is 35.5. The quantitative estimate of drug-likeness (QED) is 0.441. The van der Waals surface area contributed by atoms with Gasteiger partial charge in [0.2, 0.25) is 0 Å². The summed E-state index contributed by atoms with van der Waals surface area (Å²) >= 11 is 8.81. The maximum Gasteiger partial charge on any atom is 0.196 e. The zero-order valence-electron chi connectivity index (χ0n) is 7.96. The van der Waals surface area contributed by atoms with Gasteiger partial charge in [-0.1, -0.05) is 6.92 Å². The number of carbonyl (C=O) groups is 1. The van der Waals surface area contributed by atoms with Crippen LogP contribution in [0.4, 0.5) is 0 Å². The van der Waals surface area contributed by atoms with Crippen LogP contribution in [0.1, 0.15) is 28.8 Å². The van der Waals surface area contributed by atoms with Gasteiger partial charge < -0.3 is 0 Å². The molecule has 78 valence electrons. The average Bonchev–Trinajstić information content (AvgIpc) is 2.66. The van der Waals surface area contributed by atoms with Gasteiger partial charge >= 0.3 is 0 Å². The zero-order chi connectivity index (χ0) is 10.4. The Bertz CT molecular complexity index is 301. The van der Waals surface area contributed by atoms with E-state index in [-0.39, 0.29) is 11.7 Å². The van der Waals surface area contributed by atoms with Crippen molar-refractivity contribution in [3.05, 3.63) is 16.1 Å². The minimum atomic E-state index is -0.0883. The molecule has 0 aromatic carbocycles. The van der Waals surface area contributed by atoms with Crippen LogP contribution in [-0.4, -0.2) is 22.4 Å². The second-order valence-corrected chi connectivity index (χ2v) is 5.05. The molecule has 0 saturated carbocycles. The molecule has 0 aliphatic carbocycles. The third-order valence-corrected chi connectivity index (χ3v) is 3.98. The van der Waals surface area contributed by atoms with Crippen LogP contribution in [0.2, 0.25) is 0 Å². The normalized spacial score (nSPS) is 10.4. The van der Waals surface area contributed by atoms with Gasteiger partial charge in [0.25, 0.3) is 0 Å². The lowest BCUT2D eigenvalue weighted by molar-refractivity contribution is 0.101. The van der Waals surface area contributed by atoms with Crippen molar-refractivity contribution in [3.63, 3.8) is 0 Å². The van der Waals surface area contributed by atoms with Gasteiger partial charge in [-0.05, 0) is 12.2 Å². The third kappa shape index (κ3) is 3.59. The molecule has 0 atom stereocenters. The molecule has 5 heteroatoms. The van der Waals surface area contributed by atoms with Crippen LogP contribution < -0.4 is 0 Å². The van der Waals surface area contributed by atoms with E-state index in [1.165, 1.54) is 17.8 Å². The molecule has 0 radical (unpaired) electrons. The number of ketones is 1. The number of hydrogen-bond donors (Lipinski definition) is 0. The largest absolute Gasteiger partial charge is 0.291 e. The molecular formula is C9H12ClNOS2. The van der Waals surface area contributed by atoms with Gasteiger partial charge in [-0.25, -0.2) is 4.98 Å². The fraction of sp³-hybridized carbons (Fsp3) is 0.556. The van der Waals surface area contributed by atoms with E-state index in [2.05, 4.69) is 11.9 Å². The van der Waals surface area contributed by atoms with Crippen LogP contribution >= 0.6 is 34.7 Å². The summed E-state index contributed by atoms with van der Waals surface area (Å²) < 4.78 is 0. The molecule has 1 aromatic rings. The fourth-order valence-electron chi connectivity index (χ4n) is 0.878. The Kier molecular flexibility index (Phi) is 5.52. The van der Waals surface area contributed by atoms with Crippen LogP contribution in [0, 0.1) is 0 Å². The number of halogens is 1. The van der Waals surface area contributed by atoms with Crippen molar-refractivity contribution in [2.75, 3.05) is 11.6 Å². The molecule has 1 aromatic heterocycles. The topological polar surface area (TPSA) is 30.0 Å². The Hall–Kier alpha value is -0.0600. The van der Waals surface area contributed by atoms with E-state index in [0.29, 0.717) is 5.69 Å². The summed E-state index contributed by atoms with van der Waals surface area (Å²) in [6.07, 6.45) is 1.17. The zero-order valence-corrected chi connectivity index (χ0v) is 10.3. The second-order valence-electron chi connectivity index (χ2n) is 2.74. The lowest BCUT2D eigenvalue weighted by Crippen LogP contribution is -2.00. The first kappa shape index (κ1) is 12.0. The molecule has 0 unspecified atom stereocenters. The molecular weight excluding hydrogens is 238 g/mol.